The van der Waals surface area contributed by atoms with Crippen LogP contribution in [-0.2, 0) is 6.18 Å². The van der Waals surface area contributed by atoms with Crippen LogP contribution in [0, 0.1) is 0 Å². The molecule has 1 aliphatic heterocycles. The highest BCUT2D eigenvalue weighted by Crippen LogP contribution is 2.35. The third-order valence-corrected chi connectivity index (χ3v) is 3.63. The first-order valence-electron chi connectivity index (χ1n) is 6.38. The van der Waals surface area contributed by atoms with E-state index in [1.807, 2.05) is 0 Å². The molecule has 0 radical (unpaired) electrons. The molecule has 3 heterocycles. The molecule has 3 N–H and O–H groups in total. The number of nitrogens with zero attached hydrogens (tertiary/aromatic N) is 3. The van der Waals surface area contributed by atoms with Crippen LogP contribution >= 0.6 is 0 Å². The Morgan fingerprint density at radius 2 is 1.95 bits per heavy atom. The smallest absolute Gasteiger partial charge is 0.396 e. The van der Waals surface area contributed by atoms with Gasteiger partial charge in [-0.1, -0.05) is 0 Å². The quantitative estimate of drug-likeness (QED) is 0.838. The van der Waals surface area contributed by atoms with Crippen LogP contribution in [0.2, 0.25) is 0 Å². The lowest BCUT2D eigenvalue weighted by molar-refractivity contribution is -0.141. The van der Waals surface area contributed by atoms with Crippen molar-refractivity contribution in [3.8, 4) is 0 Å². The molecule has 0 saturated carbocycles. The maximum atomic E-state index is 13.1. The zero-order valence-corrected chi connectivity index (χ0v) is 10.6. The minimum absolute atomic E-state index is 0.186. The lowest BCUT2D eigenvalue weighted by Crippen LogP contribution is -2.26. The summed E-state index contributed by atoms with van der Waals surface area (Å²) in [6.07, 6.45) is -0.274. The fraction of sp³-hybridized carbons (Fsp3) is 0.500. The number of alkyl halides is 3. The Morgan fingerprint density at radius 3 is 2.60 bits per heavy atom. The first kappa shape index (κ1) is 13.2. The van der Waals surface area contributed by atoms with E-state index in [-0.39, 0.29) is 11.6 Å². The number of nitrogen functional groups attached to an aromatic ring is 1. The van der Waals surface area contributed by atoms with Crippen molar-refractivity contribution in [3.63, 3.8) is 0 Å². The minimum Gasteiger partial charge on any atom is -0.396 e. The third kappa shape index (κ3) is 2.09. The normalized spacial score (nSPS) is 17.8. The Kier molecular flexibility index (Phi) is 3.04. The van der Waals surface area contributed by atoms with Gasteiger partial charge in [-0.05, 0) is 31.8 Å². The second-order valence-electron chi connectivity index (χ2n) is 4.92. The topological polar surface area (TPSA) is 68.2 Å². The Hall–Kier alpha value is -1.83. The SMILES string of the molecule is Nc1cnc2c(C3CCNCC3)cnn2c1C(F)(F)F. The van der Waals surface area contributed by atoms with E-state index in [4.69, 9.17) is 5.73 Å². The molecule has 5 nitrogen and oxygen atoms in total. The molecule has 1 aliphatic rings. The maximum Gasteiger partial charge on any atom is 0.435 e. The molecule has 3 rings (SSSR count). The van der Waals surface area contributed by atoms with E-state index >= 15 is 0 Å². The molecule has 0 amide bonds. The first-order valence-corrected chi connectivity index (χ1v) is 6.38. The predicted molar refractivity (Wildman–Crippen MR) is 67.2 cm³/mol. The molecular weight excluding hydrogens is 271 g/mol. The Bertz CT molecular complexity index is 628. The molecule has 2 aromatic heterocycles. The van der Waals surface area contributed by atoms with Gasteiger partial charge in [0.2, 0.25) is 0 Å². The monoisotopic (exact) mass is 285 g/mol. The van der Waals surface area contributed by atoms with Crippen molar-refractivity contribution in [2.24, 2.45) is 0 Å². The van der Waals surface area contributed by atoms with Crippen molar-refractivity contribution in [2.45, 2.75) is 24.9 Å². The molecular formula is C12H14F3N5. The number of hydrogen-bond donors (Lipinski definition) is 2. The van der Waals surface area contributed by atoms with Gasteiger partial charge in [0.05, 0.1) is 18.1 Å². The number of aromatic nitrogens is 3. The highest BCUT2D eigenvalue weighted by molar-refractivity contribution is 5.55. The molecule has 1 fully saturated rings. The van der Waals surface area contributed by atoms with E-state index in [1.165, 1.54) is 6.20 Å². The molecule has 8 heteroatoms. The molecule has 0 atom stereocenters. The van der Waals surface area contributed by atoms with Gasteiger partial charge in [0.1, 0.15) is 0 Å². The number of rotatable bonds is 1. The number of hydrogen-bond acceptors (Lipinski definition) is 4. The van der Waals surface area contributed by atoms with Crippen LogP contribution in [0.15, 0.2) is 12.4 Å². The summed E-state index contributed by atoms with van der Waals surface area (Å²) in [7, 11) is 0. The fourth-order valence-electron chi connectivity index (χ4n) is 2.67. The predicted octanol–water partition coefficient (Wildman–Crippen LogP) is 1.80. The summed E-state index contributed by atoms with van der Waals surface area (Å²) < 4.78 is 40.0. The highest BCUT2D eigenvalue weighted by atomic mass is 19.4. The first-order chi connectivity index (χ1) is 9.48. The molecule has 0 unspecified atom stereocenters. The lowest BCUT2D eigenvalue weighted by Gasteiger charge is -2.21. The van der Waals surface area contributed by atoms with Crippen molar-refractivity contribution in [2.75, 3.05) is 18.8 Å². The van der Waals surface area contributed by atoms with Crippen LogP contribution in [0.3, 0.4) is 0 Å². The van der Waals surface area contributed by atoms with Gasteiger partial charge in [-0.2, -0.15) is 18.3 Å². The summed E-state index contributed by atoms with van der Waals surface area (Å²) in [6, 6.07) is 0. The maximum absolute atomic E-state index is 13.1. The summed E-state index contributed by atoms with van der Waals surface area (Å²) in [5.41, 5.74) is 5.05. The van der Waals surface area contributed by atoms with Crippen molar-refractivity contribution >= 4 is 11.3 Å². The van der Waals surface area contributed by atoms with E-state index in [0.29, 0.717) is 0 Å². The number of nitrogens with one attached hydrogen (secondary N) is 1. The van der Waals surface area contributed by atoms with Gasteiger partial charge < -0.3 is 11.1 Å². The highest BCUT2D eigenvalue weighted by Gasteiger charge is 2.37. The van der Waals surface area contributed by atoms with Crippen LogP contribution in [0.25, 0.3) is 5.65 Å². The zero-order valence-electron chi connectivity index (χ0n) is 10.6. The van der Waals surface area contributed by atoms with Gasteiger partial charge in [0, 0.05) is 5.56 Å². The van der Waals surface area contributed by atoms with Gasteiger partial charge in [-0.3, -0.25) is 0 Å². The minimum atomic E-state index is -4.55. The van der Waals surface area contributed by atoms with Crippen molar-refractivity contribution < 1.29 is 13.2 Å². The molecule has 0 spiro atoms. The largest absolute Gasteiger partial charge is 0.435 e. The molecule has 0 aliphatic carbocycles. The van der Waals surface area contributed by atoms with Crippen LogP contribution in [0.5, 0.6) is 0 Å². The van der Waals surface area contributed by atoms with E-state index in [0.717, 1.165) is 42.2 Å². The second kappa shape index (κ2) is 4.62. The van der Waals surface area contributed by atoms with Crippen LogP contribution < -0.4 is 11.1 Å². The Labute approximate surface area is 113 Å². The average Bonchev–Trinajstić information content (AvgIpc) is 2.81. The van der Waals surface area contributed by atoms with Crippen molar-refractivity contribution in [1.82, 2.24) is 19.9 Å². The molecule has 0 aromatic carbocycles. The van der Waals surface area contributed by atoms with E-state index in [2.05, 4.69) is 15.4 Å². The lowest BCUT2D eigenvalue weighted by atomic mass is 9.92. The van der Waals surface area contributed by atoms with E-state index < -0.39 is 17.6 Å². The third-order valence-electron chi connectivity index (χ3n) is 3.63. The average molecular weight is 285 g/mol. The number of piperidine rings is 1. The molecule has 108 valence electrons. The van der Waals surface area contributed by atoms with Gasteiger partial charge in [0.25, 0.3) is 0 Å². The molecule has 20 heavy (non-hydrogen) atoms. The van der Waals surface area contributed by atoms with Gasteiger partial charge in [-0.25, -0.2) is 9.50 Å². The van der Waals surface area contributed by atoms with Gasteiger partial charge in [-0.15, -0.1) is 0 Å². The van der Waals surface area contributed by atoms with Crippen molar-refractivity contribution in [3.05, 3.63) is 23.7 Å². The zero-order chi connectivity index (χ0) is 14.3. The summed E-state index contributed by atoms with van der Waals surface area (Å²) in [5, 5.41) is 7.08. The molecule has 0 bridgehead atoms. The summed E-state index contributed by atoms with van der Waals surface area (Å²) in [5.74, 6) is 0.186. The Morgan fingerprint density at radius 1 is 1.25 bits per heavy atom. The van der Waals surface area contributed by atoms with Gasteiger partial charge in [0.15, 0.2) is 11.3 Å². The van der Waals surface area contributed by atoms with Gasteiger partial charge >= 0.3 is 6.18 Å². The number of fused-ring (bicyclic) bond motifs is 1. The molecule has 1 saturated heterocycles. The number of anilines is 1. The number of nitrogens with two attached hydrogens (primary N) is 1. The summed E-state index contributed by atoms with van der Waals surface area (Å²) >= 11 is 0. The standard InChI is InChI=1S/C12H14F3N5/c13-12(14,15)10-9(16)6-18-11-8(5-19-20(10)11)7-1-3-17-4-2-7/h5-7,17H,1-4,16H2. The van der Waals surface area contributed by atoms with Crippen LogP contribution in [0.4, 0.5) is 18.9 Å². The summed E-state index contributed by atoms with van der Waals surface area (Å²) in [4.78, 5) is 4.05. The van der Waals surface area contributed by atoms with Crippen LogP contribution in [-0.4, -0.2) is 27.7 Å². The Balaban J connectivity index is 2.14. The molecule has 2 aromatic rings. The van der Waals surface area contributed by atoms with Crippen LogP contribution in [0.1, 0.15) is 30.0 Å². The number of halogens is 3. The van der Waals surface area contributed by atoms with Crippen molar-refractivity contribution in [1.29, 1.82) is 0 Å². The fourth-order valence-corrected chi connectivity index (χ4v) is 2.67. The van der Waals surface area contributed by atoms with E-state index in [9.17, 15) is 13.2 Å². The second-order valence-corrected chi connectivity index (χ2v) is 4.92. The van der Waals surface area contributed by atoms with E-state index in [1.54, 1.807) is 0 Å². The summed E-state index contributed by atoms with van der Waals surface area (Å²) in [6.45, 7) is 1.70.